The van der Waals surface area contributed by atoms with Crippen molar-refractivity contribution in [3.05, 3.63) is 38.9 Å². The first-order valence-corrected chi connectivity index (χ1v) is 9.96. The fourth-order valence-electron chi connectivity index (χ4n) is 5.30. The van der Waals surface area contributed by atoms with Crippen LogP contribution in [-0.2, 0) is 11.3 Å². The second-order valence-electron chi connectivity index (χ2n) is 9.20. The van der Waals surface area contributed by atoms with Gasteiger partial charge in [0.2, 0.25) is 5.91 Å². The molecule has 0 N–H and O–H groups in total. The van der Waals surface area contributed by atoms with Gasteiger partial charge in [-0.3, -0.25) is 14.2 Å². The summed E-state index contributed by atoms with van der Waals surface area (Å²) in [6, 6.07) is 3.35. The Morgan fingerprint density at radius 1 is 1.26 bits per heavy atom. The third kappa shape index (κ3) is 3.36. The molecule has 1 aliphatic carbocycles. The maximum absolute atomic E-state index is 13.0. The monoisotopic (exact) mass is 407 g/mol. The van der Waals surface area contributed by atoms with Crippen LogP contribution in [0.1, 0.15) is 40.0 Å². The normalized spacial score (nSPS) is 26.6. The molecule has 2 heterocycles. The van der Waals surface area contributed by atoms with Crippen molar-refractivity contribution in [1.29, 1.82) is 0 Å². The quantitative estimate of drug-likeness (QED) is 0.751. The molecule has 1 saturated heterocycles. The van der Waals surface area contributed by atoms with E-state index in [1.165, 1.54) is 10.9 Å². The van der Waals surface area contributed by atoms with E-state index in [0.29, 0.717) is 20.9 Å². The highest BCUT2D eigenvalue weighted by Crippen LogP contribution is 2.52. The molecule has 144 valence electrons. The minimum Gasteiger partial charge on any atom is -0.338 e. The van der Waals surface area contributed by atoms with Crippen molar-refractivity contribution in [2.24, 2.45) is 10.8 Å². The number of benzene rings is 1. The molecule has 1 aromatic carbocycles. The van der Waals surface area contributed by atoms with E-state index in [2.05, 4.69) is 25.8 Å². The van der Waals surface area contributed by atoms with Gasteiger partial charge in [0.05, 0.1) is 22.3 Å². The number of fused-ring (bicyclic) bond motifs is 3. The van der Waals surface area contributed by atoms with Crippen LogP contribution in [0.5, 0.6) is 0 Å². The van der Waals surface area contributed by atoms with E-state index in [4.69, 9.17) is 23.2 Å². The Balaban J connectivity index is 1.63. The number of hydrogen-bond acceptors (Lipinski definition) is 3. The van der Waals surface area contributed by atoms with Gasteiger partial charge < -0.3 is 4.90 Å². The summed E-state index contributed by atoms with van der Waals surface area (Å²) >= 11 is 12.2. The fraction of sp³-hybridized carbons (Fsp3) is 0.550. The van der Waals surface area contributed by atoms with Crippen molar-refractivity contribution in [2.45, 2.75) is 52.6 Å². The molecule has 2 aromatic rings. The zero-order valence-corrected chi connectivity index (χ0v) is 17.3. The summed E-state index contributed by atoms with van der Waals surface area (Å²) in [5, 5.41) is 1.03. The summed E-state index contributed by atoms with van der Waals surface area (Å²) in [5.41, 5.74) is 0.504. The van der Waals surface area contributed by atoms with Crippen molar-refractivity contribution in [2.75, 3.05) is 6.54 Å². The number of aromatic nitrogens is 2. The van der Waals surface area contributed by atoms with Gasteiger partial charge in [-0.25, -0.2) is 4.98 Å². The molecule has 1 saturated carbocycles. The van der Waals surface area contributed by atoms with Crippen molar-refractivity contribution < 1.29 is 4.79 Å². The maximum Gasteiger partial charge on any atom is 0.261 e. The Labute approximate surface area is 168 Å². The van der Waals surface area contributed by atoms with Gasteiger partial charge in [0, 0.05) is 17.6 Å². The molecule has 1 amide bonds. The van der Waals surface area contributed by atoms with Gasteiger partial charge in [0.1, 0.15) is 6.54 Å². The maximum atomic E-state index is 13.0. The number of hydrogen-bond donors (Lipinski definition) is 0. The smallest absolute Gasteiger partial charge is 0.261 e. The molecule has 0 spiro atoms. The molecular weight excluding hydrogens is 385 g/mol. The molecule has 2 aliphatic rings. The Kier molecular flexibility index (Phi) is 4.32. The molecule has 4 rings (SSSR count). The Hall–Kier alpha value is -1.59. The van der Waals surface area contributed by atoms with Gasteiger partial charge >= 0.3 is 0 Å². The molecular formula is C20H23Cl2N3O2. The lowest BCUT2D eigenvalue weighted by Gasteiger charge is -2.39. The molecule has 5 nitrogen and oxygen atoms in total. The van der Waals surface area contributed by atoms with E-state index in [9.17, 15) is 9.59 Å². The lowest BCUT2D eigenvalue weighted by atomic mass is 9.65. The number of halogens is 2. The summed E-state index contributed by atoms with van der Waals surface area (Å²) in [7, 11) is 0. The molecule has 0 radical (unpaired) electrons. The van der Waals surface area contributed by atoms with Crippen LogP contribution >= 0.6 is 23.2 Å². The highest BCUT2D eigenvalue weighted by molar-refractivity contribution is 6.38. The molecule has 2 bridgehead atoms. The van der Waals surface area contributed by atoms with E-state index < -0.39 is 0 Å². The summed E-state index contributed by atoms with van der Waals surface area (Å²) in [5.74, 6) is -0.0298. The predicted octanol–water partition coefficient (Wildman–Crippen LogP) is 4.13. The summed E-state index contributed by atoms with van der Waals surface area (Å²) in [4.78, 5) is 32.1. The number of nitrogens with zero attached hydrogens (tertiary/aromatic N) is 3. The van der Waals surface area contributed by atoms with E-state index in [0.717, 1.165) is 25.8 Å². The molecule has 2 atom stereocenters. The highest BCUT2D eigenvalue weighted by atomic mass is 35.5. The van der Waals surface area contributed by atoms with Crippen LogP contribution in [0.3, 0.4) is 0 Å². The van der Waals surface area contributed by atoms with E-state index in [-0.39, 0.29) is 34.9 Å². The second-order valence-corrected chi connectivity index (χ2v) is 10.0. The predicted molar refractivity (Wildman–Crippen MR) is 107 cm³/mol. The van der Waals surface area contributed by atoms with Crippen LogP contribution in [0.15, 0.2) is 23.3 Å². The van der Waals surface area contributed by atoms with Crippen molar-refractivity contribution in [3.8, 4) is 0 Å². The van der Waals surface area contributed by atoms with Crippen LogP contribution in [0, 0.1) is 10.8 Å². The van der Waals surface area contributed by atoms with Gasteiger partial charge in [0.25, 0.3) is 5.56 Å². The van der Waals surface area contributed by atoms with Crippen molar-refractivity contribution in [3.63, 3.8) is 0 Å². The van der Waals surface area contributed by atoms with E-state index in [1.807, 2.05) is 4.90 Å². The largest absolute Gasteiger partial charge is 0.338 e. The Bertz CT molecular complexity index is 1000. The van der Waals surface area contributed by atoms with Crippen LogP contribution in [0.25, 0.3) is 10.9 Å². The average molecular weight is 408 g/mol. The topological polar surface area (TPSA) is 55.2 Å². The third-order valence-corrected chi connectivity index (χ3v) is 6.39. The standard InChI is InChI=1S/C20H23Cl2N3O2/c1-19(2)6-13-7-20(3,9-19)10-25(13)16(26)8-24-11-23-17-14(18(24)27)4-12(21)5-15(17)22/h4-5,11,13H,6-10H2,1-3H3. The Morgan fingerprint density at radius 2 is 2.00 bits per heavy atom. The summed E-state index contributed by atoms with van der Waals surface area (Å²) in [6.45, 7) is 7.56. The zero-order chi connectivity index (χ0) is 19.6. The van der Waals surface area contributed by atoms with Gasteiger partial charge in [0.15, 0.2) is 0 Å². The number of carbonyl (C=O) groups excluding carboxylic acids is 1. The molecule has 27 heavy (non-hydrogen) atoms. The zero-order valence-electron chi connectivity index (χ0n) is 15.8. The molecule has 2 fully saturated rings. The van der Waals surface area contributed by atoms with Gasteiger partial charge in [-0.15, -0.1) is 0 Å². The van der Waals surface area contributed by atoms with E-state index >= 15 is 0 Å². The molecule has 2 unspecified atom stereocenters. The number of carbonyl (C=O) groups is 1. The first-order valence-electron chi connectivity index (χ1n) is 9.21. The minimum absolute atomic E-state index is 0.0150. The summed E-state index contributed by atoms with van der Waals surface area (Å²) in [6.07, 6.45) is 4.56. The van der Waals surface area contributed by atoms with Gasteiger partial charge in [-0.2, -0.15) is 0 Å². The van der Waals surface area contributed by atoms with Crippen molar-refractivity contribution >= 4 is 40.0 Å². The highest BCUT2D eigenvalue weighted by Gasteiger charge is 2.50. The lowest BCUT2D eigenvalue weighted by molar-refractivity contribution is -0.133. The second kappa shape index (κ2) is 6.21. The first kappa shape index (κ1) is 18.8. The van der Waals surface area contributed by atoms with Crippen LogP contribution in [-0.4, -0.2) is 32.9 Å². The third-order valence-electron chi connectivity index (χ3n) is 5.89. The minimum atomic E-state index is -0.300. The lowest BCUT2D eigenvalue weighted by Crippen LogP contribution is -2.40. The van der Waals surface area contributed by atoms with Crippen LogP contribution in [0.2, 0.25) is 10.0 Å². The van der Waals surface area contributed by atoms with Gasteiger partial charge in [-0.05, 0) is 42.2 Å². The van der Waals surface area contributed by atoms with Crippen molar-refractivity contribution in [1.82, 2.24) is 14.5 Å². The molecule has 7 heteroatoms. The first-order chi connectivity index (χ1) is 12.6. The SMILES string of the molecule is CC1(C)CC2CC(C)(CN2C(=O)Cn2cnc3c(Cl)cc(Cl)cc3c2=O)C1. The fourth-order valence-corrected chi connectivity index (χ4v) is 5.84. The molecule has 1 aromatic heterocycles. The number of likely N-dealkylation sites (tertiary alicyclic amines) is 1. The average Bonchev–Trinajstić information content (AvgIpc) is 2.79. The van der Waals surface area contributed by atoms with Crippen LogP contribution in [0.4, 0.5) is 0 Å². The van der Waals surface area contributed by atoms with Crippen LogP contribution < -0.4 is 5.56 Å². The van der Waals surface area contributed by atoms with E-state index in [1.54, 1.807) is 12.1 Å². The Morgan fingerprint density at radius 3 is 2.74 bits per heavy atom. The summed E-state index contributed by atoms with van der Waals surface area (Å²) < 4.78 is 1.35. The number of amides is 1. The number of rotatable bonds is 2. The molecule has 1 aliphatic heterocycles. The van der Waals surface area contributed by atoms with Gasteiger partial charge in [-0.1, -0.05) is 44.0 Å².